The van der Waals surface area contributed by atoms with Gasteiger partial charge in [0.25, 0.3) is 0 Å². The normalized spacial score (nSPS) is 12.9. The van der Waals surface area contributed by atoms with Crippen LogP contribution >= 0.6 is 11.6 Å². The highest BCUT2D eigenvalue weighted by Crippen LogP contribution is 2.27. The number of hydrogen-bond donors (Lipinski definition) is 1. The minimum atomic E-state index is 0.339. The zero-order chi connectivity index (χ0) is 13.4. The molecular formula is C14H26ClN3. The number of unbranched alkanes of at least 4 members (excludes halogenated alkanes) is 1. The third kappa shape index (κ3) is 4.29. The van der Waals surface area contributed by atoms with Gasteiger partial charge in [0.2, 0.25) is 0 Å². The fourth-order valence-electron chi connectivity index (χ4n) is 2.17. The Kier molecular flexibility index (Phi) is 7.36. The molecule has 1 aromatic rings. The van der Waals surface area contributed by atoms with Crippen molar-refractivity contribution >= 4 is 11.6 Å². The van der Waals surface area contributed by atoms with Crippen molar-refractivity contribution < 1.29 is 0 Å². The molecular weight excluding hydrogens is 246 g/mol. The largest absolute Gasteiger partial charge is 0.309 e. The van der Waals surface area contributed by atoms with Gasteiger partial charge in [-0.25, -0.2) is 0 Å². The summed E-state index contributed by atoms with van der Waals surface area (Å²) in [5.41, 5.74) is 1.17. The first-order chi connectivity index (χ1) is 8.74. The highest BCUT2D eigenvalue weighted by atomic mass is 35.5. The minimum absolute atomic E-state index is 0.339. The lowest BCUT2D eigenvalue weighted by atomic mass is 10.1. The molecule has 1 aromatic heterocycles. The van der Waals surface area contributed by atoms with E-state index in [0.717, 1.165) is 37.4 Å². The number of aryl methyl sites for hydroxylation is 1. The summed E-state index contributed by atoms with van der Waals surface area (Å²) in [7, 11) is 0. The Labute approximate surface area is 116 Å². The van der Waals surface area contributed by atoms with Gasteiger partial charge in [-0.1, -0.05) is 45.2 Å². The molecule has 0 aliphatic carbocycles. The number of rotatable bonds is 9. The molecule has 0 saturated heterocycles. The first-order valence-electron chi connectivity index (χ1n) is 7.19. The van der Waals surface area contributed by atoms with Gasteiger partial charge in [-0.15, -0.1) is 0 Å². The van der Waals surface area contributed by atoms with Gasteiger partial charge in [-0.2, -0.15) is 5.10 Å². The second kappa shape index (κ2) is 8.54. The summed E-state index contributed by atoms with van der Waals surface area (Å²) in [4.78, 5) is 0. The summed E-state index contributed by atoms with van der Waals surface area (Å²) in [5.74, 6) is 0. The van der Waals surface area contributed by atoms with Crippen LogP contribution in [0, 0.1) is 0 Å². The van der Waals surface area contributed by atoms with Crippen LogP contribution < -0.4 is 5.32 Å². The minimum Gasteiger partial charge on any atom is -0.309 e. The van der Waals surface area contributed by atoms with Crippen LogP contribution in [0.25, 0.3) is 0 Å². The molecule has 0 aliphatic rings. The predicted octanol–water partition coefficient (Wildman–Crippen LogP) is 4.18. The molecule has 0 bridgehead atoms. The van der Waals surface area contributed by atoms with Gasteiger partial charge in [0.15, 0.2) is 0 Å². The first-order valence-corrected chi connectivity index (χ1v) is 7.56. The molecule has 1 heterocycles. The van der Waals surface area contributed by atoms with Crippen molar-refractivity contribution in [2.75, 3.05) is 6.54 Å². The molecule has 0 radical (unpaired) electrons. The number of nitrogens with zero attached hydrogens (tertiary/aromatic N) is 2. The van der Waals surface area contributed by atoms with Crippen molar-refractivity contribution in [1.29, 1.82) is 0 Å². The molecule has 0 aliphatic heterocycles. The van der Waals surface area contributed by atoms with E-state index < -0.39 is 0 Å². The molecule has 1 unspecified atom stereocenters. The molecule has 18 heavy (non-hydrogen) atoms. The van der Waals surface area contributed by atoms with Gasteiger partial charge in [0.1, 0.15) is 0 Å². The molecule has 1 N–H and O–H groups in total. The van der Waals surface area contributed by atoms with E-state index in [1.165, 1.54) is 18.5 Å². The molecule has 0 saturated carbocycles. The third-order valence-corrected chi connectivity index (χ3v) is 3.38. The van der Waals surface area contributed by atoms with E-state index >= 15 is 0 Å². The van der Waals surface area contributed by atoms with Crippen LogP contribution in [0.2, 0.25) is 5.02 Å². The maximum Gasteiger partial charge on any atom is 0.0834 e. The van der Waals surface area contributed by atoms with Gasteiger partial charge in [-0.05, 0) is 25.8 Å². The monoisotopic (exact) mass is 271 g/mol. The Balaban J connectivity index is 2.83. The summed E-state index contributed by atoms with van der Waals surface area (Å²) in [6, 6.07) is 0.339. The average molecular weight is 272 g/mol. The second-order valence-electron chi connectivity index (χ2n) is 4.75. The van der Waals surface area contributed by atoms with Gasteiger partial charge >= 0.3 is 0 Å². The Morgan fingerprint density at radius 1 is 1.28 bits per heavy atom. The molecule has 1 atom stereocenters. The molecule has 104 valence electrons. The van der Waals surface area contributed by atoms with Crippen LogP contribution in [0.15, 0.2) is 6.20 Å². The van der Waals surface area contributed by atoms with Crippen molar-refractivity contribution in [1.82, 2.24) is 15.1 Å². The number of halogens is 1. The molecule has 0 amide bonds. The Hall–Kier alpha value is -0.540. The summed E-state index contributed by atoms with van der Waals surface area (Å²) in [5, 5.41) is 8.79. The fraction of sp³-hybridized carbons (Fsp3) is 0.786. The number of aromatic nitrogens is 2. The molecule has 0 spiro atoms. The molecule has 0 aromatic carbocycles. The molecule has 1 rings (SSSR count). The zero-order valence-electron chi connectivity index (χ0n) is 11.9. The average Bonchev–Trinajstić information content (AvgIpc) is 2.72. The van der Waals surface area contributed by atoms with Gasteiger partial charge < -0.3 is 5.32 Å². The van der Waals surface area contributed by atoms with Crippen molar-refractivity contribution in [3.63, 3.8) is 0 Å². The van der Waals surface area contributed by atoms with Crippen LogP contribution in [0.1, 0.15) is 64.6 Å². The maximum atomic E-state index is 6.31. The lowest BCUT2D eigenvalue weighted by Crippen LogP contribution is -2.25. The highest BCUT2D eigenvalue weighted by molar-refractivity contribution is 6.31. The first kappa shape index (κ1) is 15.5. The Morgan fingerprint density at radius 2 is 2.06 bits per heavy atom. The van der Waals surface area contributed by atoms with Gasteiger partial charge in [-0.3, -0.25) is 4.68 Å². The SMILES string of the molecule is CCCCC(NCCC)c1c(Cl)cnn1CCC. The second-order valence-corrected chi connectivity index (χ2v) is 5.16. The van der Waals surface area contributed by atoms with Crippen molar-refractivity contribution in [3.05, 3.63) is 16.9 Å². The van der Waals surface area contributed by atoms with Crippen molar-refractivity contribution in [3.8, 4) is 0 Å². The van der Waals surface area contributed by atoms with E-state index in [0.29, 0.717) is 6.04 Å². The van der Waals surface area contributed by atoms with Crippen LogP contribution in [-0.4, -0.2) is 16.3 Å². The number of hydrogen-bond acceptors (Lipinski definition) is 2. The van der Waals surface area contributed by atoms with E-state index in [4.69, 9.17) is 11.6 Å². The zero-order valence-corrected chi connectivity index (χ0v) is 12.6. The van der Waals surface area contributed by atoms with E-state index in [2.05, 4.69) is 35.9 Å². The highest BCUT2D eigenvalue weighted by Gasteiger charge is 2.19. The lowest BCUT2D eigenvalue weighted by molar-refractivity contribution is 0.437. The van der Waals surface area contributed by atoms with E-state index in [-0.39, 0.29) is 0 Å². The predicted molar refractivity (Wildman–Crippen MR) is 78.1 cm³/mol. The quantitative estimate of drug-likeness (QED) is 0.730. The van der Waals surface area contributed by atoms with Crippen LogP contribution in [0.4, 0.5) is 0 Å². The van der Waals surface area contributed by atoms with E-state index in [1.807, 2.05) is 0 Å². The summed E-state index contributed by atoms with van der Waals surface area (Å²) >= 11 is 6.31. The molecule has 3 nitrogen and oxygen atoms in total. The summed E-state index contributed by atoms with van der Waals surface area (Å²) in [6.45, 7) is 8.55. The van der Waals surface area contributed by atoms with Crippen LogP contribution in [-0.2, 0) is 6.54 Å². The van der Waals surface area contributed by atoms with Crippen LogP contribution in [0.3, 0.4) is 0 Å². The van der Waals surface area contributed by atoms with E-state index in [9.17, 15) is 0 Å². The number of nitrogens with one attached hydrogen (secondary N) is 1. The van der Waals surface area contributed by atoms with Gasteiger partial charge in [0, 0.05) is 6.54 Å². The van der Waals surface area contributed by atoms with E-state index in [1.54, 1.807) is 6.20 Å². The molecule has 4 heteroatoms. The van der Waals surface area contributed by atoms with Gasteiger partial charge in [0.05, 0.1) is 23.0 Å². The van der Waals surface area contributed by atoms with Crippen molar-refractivity contribution in [2.45, 2.75) is 65.5 Å². The van der Waals surface area contributed by atoms with Crippen LogP contribution in [0.5, 0.6) is 0 Å². The summed E-state index contributed by atoms with van der Waals surface area (Å²) < 4.78 is 2.06. The molecule has 0 fully saturated rings. The van der Waals surface area contributed by atoms with Crippen molar-refractivity contribution in [2.24, 2.45) is 0 Å². The maximum absolute atomic E-state index is 6.31. The smallest absolute Gasteiger partial charge is 0.0834 e. The Bertz CT molecular complexity index is 328. The Morgan fingerprint density at radius 3 is 2.67 bits per heavy atom. The lowest BCUT2D eigenvalue weighted by Gasteiger charge is -2.20. The third-order valence-electron chi connectivity index (χ3n) is 3.09. The summed E-state index contributed by atoms with van der Waals surface area (Å²) in [6.07, 6.45) is 7.56. The topological polar surface area (TPSA) is 29.9 Å². The standard InChI is InChI=1S/C14H26ClN3/c1-4-7-8-13(16-9-5-2)14-12(15)11-17-18(14)10-6-3/h11,13,16H,4-10H2,1-3H3. The fourth-order valence-corrected chi connectivity index (χ4v) is 2.44.